The first-order valence-corrected chi connectivity index (χ1v) is 5.56. The Kier molecular flexibility index (Phi) is 2.69. The maximum absolute atomic E-state index is 3.65. The lowest BCUT2D eigenvalue weighted by molar-refractivity contribution is 0.303. The van der Waals surface area contributed by atoms with Crippen LogP contribution >= 0.6 is 22.9 Å². The molecule has 2 N–H and O–H groups in total. The Morgan fingerprint density at radius 3 is 2.45 bits per heavy atom. The minimum absolute atomic E-state index is 0.850. The number of hydrogen-bond donors (Lipinski definition) is 2. The number of hydrogen-bond acceptors (Lipinski definition) is 2. The predicted octanol–water partition coefficient (Wildman–Crippen LogP) is 1.46. The fraction of sp³-hybridized carbons (Fsp3) is 1.00. The molecule has 11 heavy (non-hydrogen) atoms. The van der Waals surface area contributed by atoms with Gasteiger partial charge in [0.15, 0.2) is 0 Å². The molecule has 0 aliphatic carbocycles. The number of rotatable bonds is 2. The molecule has 0 amide bonds. The smallest absolute Gasteiger partial charge is 0.0169 e. The summed E-state index contributed by atoms with van der Waals surface area (Å²) < 4.78 is 3.25. The molecule has 2 rings (SSSR count). The minimum atomic E-state index is 0.850. The predicted molar refractivity (Wildman–Crippen MR) is 54.7 cm³/mol. The highest BCUT2D eigenvalue weighted by atomic mass is 127. The van der Waals surface area contributed by atoms with Crippen LogP contribution in [0.4, 0.5) is 0 Å². The van der Waals surface area contributed by atoms with Crippen LogP contribution < -0.4 is 8.85 Å². The van der Waals surface area contributed by atoms with Crippen molar-refractivity contribution in [2.24, 2.45) is 5.92 Å². The van der Waals surface area contributed by atoms with E-state index < -0.39 is 0 Å². The van der Waals surface area contributed by atoms with Gasteiger partial charge in [-0.15, -0.1) is 0 Å². The van der Waals surface area contributed by atoms with Gasteiger partial charge in [0.25, 0.3) is 0 Å². The van der Waals surface area contributed by atoms with E-state index in [0.717, 1.165) is 18.0 Å². The average molecular weight is 266 g/mol. The molecule has 2 atom stereocenters. The summed E-state index contributed by atoms with van der Waals surface area (Å²) in [5.74, 6) is 0.936. The molecular formula is C8H15IN2. The summed E-state index contributed by atoms with van der Waals surface area (Å²) in [6, 6.07) is 1.70. The summed E-state index contributed by atoms with van der Waals surface area (Å²) in [4.78, 5) is 0. The zero-order valence-electron chi connectivity index (χ0n) is 6.65. The van der Waals surface area contributed by atoms with Gasteiger partial charge < -0.3 is 5.32 Å². The first kappa shape index (κ1) is 8.26. The lowest BCUT2D eigenvalue weighted by Crippen LogP contribution is -2.40. The Labute approximate surface area is 82.0 Å². The van der Waals surface area contributed by atoms with Crippen molar-refractivity contribution in [3.05, 3.63) is 0 Å². The molecule has 2 heterocycles. The largest absolute Gasteiger partial charge is 0.311 e. The summed E-state index contributed by atoms with van der Waals surface area (Å²) >= 11 is 2.25. The van der Waals surface area contributed by atoms with E-state index >= 15 is 0 Å². The van der Waals surface area contributed by atoms with Gasteiger partial charge in [0.1, 0.15) is 0 Å². The van der Waals surface area contributed by atoms with E-state index in [4.69, 9.17) is 0 Å². The maximum atomic E-state index is 3.65. The third-order valence-corrected chi connectivity index (χ3v) is 3.38. The number of nitrogens with one attached hydrogen (secondary N) is 2. The van der Waals surface area contributed by atoms with E-state index in [1.54, 1.807) is 0 Å². The van der Waals surface area contributed by atoms with Gasteiger partial charge in [-0.1, -0.05) is 0 Å². The molecule has 0 aromatic heterocycles. The molecule has 2 aliphatic rings. The van der Waals surface area contributed by atoms with E-state index in [-0.39, 0.29) is 0 Å². The lowest BCUT2D eigenvalue weighted by Gasteiger charge is -2.28. The molecule has 2 bridgehead atoms. The van der Waals surface area contributed by atoms with E-state index in [1.807, 2.05) is 0 Å². The second-order valence-electron chi connectivity index (χ2n) is 3.81. The molecule has 2 saturated heterocycles. The fourth-order valence-electron chi connectivity index (χ4n) is 2.45. The molecule has 2 fully saturated rings. The van der Waals surface area contributed by atoms with Crippen molar-refractivity contribution in [2.75, 3.05) is 6.54 Å². The summed E-state index contributed by atoms with van der Waals surface area (Å²) in [7, 11) is 0. The van der Waals surface area contributed by atoms with Crippen LogP contribution in [-0.4, -0.2) is 18.6 Å². The zero-order chi connectivity index (χ0) is 7.68. The van der Waals surface area contributed by atoms with Crippen molar-refractivity contribution in [1.29, 1.82) is 0 Å². The van der Waals surface area contributed by atoms with Gasteiger partial charge in [0.2, 0.25) is 0 Å². The molecule has 2 nitrogen and oxygen atoms in total. The van der Waals surface area contributed by atoms with Crippen molar-refractivity contribution in [3.63, 3.8) is 0 Å². The van der Waals surface area contributed by atoms with E-state index in [1.165, 1.54) is 32.2 Å². The molecule has 0 aromatic rings. The van der Waals surface area contributed by atoms with E-state index in [9.17, 15) is 0 Å². The Morgan fingerprint density at radius 2 is 1.91 bits per heavy atom. The van der Waals surface area contributed by atoms with Crippen LogP contribution in [0, 0.1) is 5.92 Å². The topological polar surface area (TPSA) is 24.1 Å². The molecule has 3 heteroatoms. The van der Waals surface area contributed by atoms with Crippen LogP contribution in [0.1, 0.15) is 25.7 Å². The van der Waals surface area contributed by atoms with Crippen molar-refractivity contribution in [1.82, 2.24) is 8.85 Å². The van der Waals surface area contributed by atoms with Crippen molar-refractivity contribution in [3.8, 4) is 0 Å². The molecule has 0 saturated carbocycles. The van der Waals surface area contributed by atoms with Crippen LogP contribution in [-0.2, 0) is 0 Å². The number of piperidine rings is 1. The van der Waals surface area contributed by atoms with Gasteiger partial charge in [-0.25, -0.2) is 0 Å². The van der Waals surface area contributed by atoms with Crippen LogP contribution in [0.5, 0.6) is 0 Å². The third-order valence-electron chi connectivity index (χ3n) is 2.94. The highest BCUT2D eigenvalue weighted by molar-refractivity contribution is 14.1. The van der Waals surface area contributed by atoms with Gasteiger partial charge in [-0.3, -0.25) is 3.53 Å². The molecule has 0 aromatic carbocycles. The first-order chi connectivity index (χ1) is 5.38. The second kappa shape index (κ2) is 3.58. The minimum Gasteiger partial charge on any atom is -0.311 e. The molecule has 0 radical (unpaired) electrons. The second-order valence-corrected chi connectivity index (χ2v) is 4.58. The maximum Gasteiger partial charge on any atom is 0.0169 e. The fourth-order valence-corrected chi connectivity index (χ4v) is 3.07. The Bertz CT molecular complexity index is 128. The summed E-state index contributed by atoms with van der Waals surface area (Å²) in [6.45, 7) is 1.20. The summed E-state index contributed by atoms with van der Waals surface area (Å²) in [6.07, 6.45) is 5.63. The normalized spacial score (nSPS) is 42.8. The van der Waals surface area contributed by atoms with Crippen molar-refractivity contribution in [2.45, 2.75) is 37.8 Å². The van der Waals surface area contributed by atoms with Crippen LogP contribution in [0.15, 0.2) is 0 Å². The van der Waals surface area contributed by atoms with Crippen LogP contribution in [0.25, 0.3) is 0 Å². The van der Waals surface area contributed by atoms with Crippen LogP contribution in [0.3, 0.4) is 0 Å². The van der Waals surface area contributed by atoms with Gasteiger partial charge in [0.05, 0.1) is 0 Å². The number of halogens is 1. The quantitative estimate of drug-likeness (QED) is 0.584. The monoisotopic (exact) mass is 266 g/mol. The average Bonchev–Trinajstić information content (AvgIpc) is 2.32. The summed E-state index contributed by atoms with van der Waals surface area (Å²) in [5.41, 5.74) is 0. The van der Waals surface area contributed by atoms with E-state index in [0.29, 0.717) is 0 Å². The Morgan fingerprint density at radius 1 is 1.27 bits per heavy atom. The van der Waals surface area contributed by atoms with Gasteiger partial charge in [0, 0.05) is 41.5 Å². The zero-order valence-corrected chi connectivity index (χ0v) is 8.80. The van der Waals surface area contributed by atoms with Gasteiger partial charge in [-0.05, 0) is 31.6 Å². The molecule has 64 valence electrons. The van der Waals surface area contributed by atoms with E-state index in [2.05, 4.69) is 31.7 Å². The number of fused-ring (bicyclic) bond motifs is 2. The SMILES string of the molecule is INCC1CC2CCC(C1)N2. The molecule has 2 unspecified atom stereocenters. The molecule has 2 aliphatic heterocycles. The van der Waals surface area contributed by atoms with Gasteiger partial charge >= 0.3 is 0 Å². The molecular weight excluding hydrogens is 251 g/mol. The highest BCUT2D eigenvalue weighted by Crippen LogP contribution is 2.30. The van der Waals surface area contributed by atoms with Gasteiger partial charge in [-0.2, -0.15) is 0 Å². The lowest BCUT2D eigenvalue weighted by atomic mass is 9.93. The third kappa shape index (κ3) is 1.87. The summed E-state index contributed by atoms with van der Waals surface area (Å²) in [5, 5.41) is 3.65. The Balaban J connectivity index is 1.87. The first-order valence-electron chi connectivity index (χ1n) is 4.48. The van der Waals surface area contributed by atoms with Crippen molar-refractivity contribution >= 4 is 22.9 Å². The Hall–Kier alpha value is 0.650. The molecule has 0 spiro atoms. The van der Waals surface area contributed by atoms with Crippen LogP contribution in [0.2, 0.25) is 0 Å². The highest BCUT2D eigenvalue weighted by Gasteiger charge is 2.32. The standard InChI is InChI=1S/C8H15IN2/c9-10-5-6-3-7-1-2-8(4-6)11-7/h6-8,10-11H,1-5H2. The van der Waals surface area contributed by atoms with Crippen molar-refractivity contribution < 1.29 is 0 Å².